The van der Waals surface area contributed by atoms with Crippen molar-refractivity contribution in [3.63, 3.8) is 0 Å². The minimum absolute atomic E-state index is 0.0213. The highest BCUT2D eigenvalue weighted by atomic mass is 35.5. The Kier molecular flexibility index (Phi) is 4.44. The molecule has 0 spiro atoms. The fourth-order valence-corrected chi connectivity index (χ4v) is 3.58. The van der Waals surface area contributed by atoms with E-state index in [1.807, 2.05) is 11.6 Å². The van der Waals surface area contributed by atoms with Crippen LogP contribution in [0.3, 0.4) is 0 Å². The van der Waals surface area contributed by atoms with Crippen molar-refractivity contribution < 1.29 is 4.92 Å². The van der Waals surface area contributed by atoms with Crippen LogP contribution in [-0.2, 0) is 0 Å². The van der Waals surface area contributed by atoms with Crippen LogP contribution in [0.2, 0.25) is 5.02 Å². The van der Waals surface area contributed by atoms with Crippen LogP contribution in [0.15, 0.2) is 29.8 Å². The maximum Gasteiger partial charge on any atom is 0.271 e. The molecule has 8 heteroatoms. The summed E-state index contributed by atoms with van der Waals surface area (Å²) in [5.41, 5.74) is 0.876. The summed E-state index contributed by atoms with van der Waals surface area (Å²) in [6, 6.07) is 4.66. The molecule has 2 aromatic rings. The van der Waals surface area contributed by atoms with Crippen LogP contribution < -0.4 is 9.80 Å². The number of benzene rings is 1. The van der Waals surface area contributed by atoms with E-state index >= 15 is 0 Å². The zero-order chi connectivity index (χ0) is 15.5. The van der Waals surface area contributed by atoms with Crippen molar-refractivity contribution in [1.82, 2.24) is 4.98 Å². The number of hydrogen-bond acceptors (Lipinski definition) is 6. The summed E-state index contributed by atoms with van der Waals surface area (Å²) >= 11 is 7.87. The maximum absolute atomic E-state index is 10.8. The normalized spacial score (nSPS) is 15.7. The second-order valence-corrected chi connectivity index (χ2v) is 6.32. The first-order valence-corrected chi connectivity index (χ1v) is 8.24. The second kappa shape index (κ2) is 6.50. The van der Waals surface area contributed by atoms with Crippen LogP contribution in [0.5, 0.6) is 0 Å². The van der Waals surface area contributed by atoms with Gasteiger partial charge >= 0.3 is 0 Å². The quantitative estimate of drug-likeness (QED) is 0.634. The van der Waals surface area contributed by atoms with Gasteiger partial charge in [-0.05, 0) is 12.5 Å². The molecule has 1 saturated heterocycles. The molecule has 0 radical (unpaired) electrons. The standard InChI is InChI=1S/C14H15ClN4O2S/c15-12-10-11(19(20)21)2-3-13(12)17-5-1-6-18(8-7-17)14-16-4-9-22-14/h2-4,9-10H,1,5-8H2. The molecule has 1 aliphatic heterocycles. The molecule has 0 aliphatic carbocycles. The Bertz CT molecular complexity index is 665. The number of thiazole rings is 1. The van der Waals surface area contributed by atoms with Gasteiger partial charge in [0.1, 0.15) is 0 Å². The number of rotatable bonds is 3. The third kappa shape index (κ3) is 3.15. The third-order valence-electron chi connectivity index (χ3n) is 3.67. The van der Waals surface area contributed by atoms with Gasteiger partial charge in [-0.1, -0.05) is 11.6 Å². The maximum atomic E-state index is 10.8. The van der Waals surface area contributed by atoms with Gasteiger partial charge in [-0.15, -0.1) is 11.3 Å². The number of anilines is 2. The fourth-order valence-electron chi connectivity index (χ4n) is 2.59. The van der Waals surface area contributed by atoms with Crippen LogP contribution in [0.1, 0.15) is 6.42 Å². The van der Waals surface area contributed by atoms with Gasteiger partial charge in [-0.2, -0.15) is 0 Å². The molecule has 0 unspecified atom stereocenters. The SMILES string of the molecule is O=[N+]([O-])c1ccc(N2CCCN(c3nccs3)CC2)c(Cl)c1. The Labute approximate surface area is 137 Å². The largest absolute Gasteiger partial charge is 0.368 e. The van der Waals surface area contributed by atoms with Crippen molar-refractivity contribution in [2.75, 3.05) is 36.0 Å². The van der Waals surface area contributed by atoms with E-state index in [1.54, 1.807) is 17.4 Å². The molecule has 2 heterocycles. The van der Waals surface area contributed by atoms with E-state index in [9.17, 15) is 10.1 Å². The molecule has 1 fully saturated rings. The second-order valence-electron chi connectivity index (χ2n) is 5.04. The van der Waals surface area contributed by atoms with E-state index in [4.69, 9.17) is 11.6 Å². The zero-order valence-corrected chi connectivity index (χ0v) is 13.4. The van der Waals surface area contributed by atoms with Crippen molar-refractivity contribution in [3.8, 4) is 0 Å². The minimum atomic E-state index is -0.428. The van der Waals surface area contributed by atoms with E-state index in [2.05, 4.69) is 14.8 Å². The van der Waals surface area contributed by atoms with Gasteiger partial charge < -0.3 is 9.80 Å². The van der Waals surface area contributed by atoms with Crippen molar-refractivity contribution in [1.29, 1.82) is 0 Å². The van der Waals surface area contributed by atoms with Gasteiger partial charge in [-0.25, -0.2) is 4.98 Å². The highest BCUT2D eigenvalue weighted by molar-refractivity contribution is 7.13. The summed E-state index contributed by atoms with van der Waals surface area (Å²) in [6.07, 6.45) is 2.81. The number of hydrogen-bond donors (Lipinski definition) is 0. The highest BCUT2D eigenvalue weighted by Crippen LogP contribution is 2.31. The lowest BCUT2D eigenvalue weighted by Crippen LogP contribution is -2.30. The first-order valence-electron chi connectivity index (χ1n) is 6.98. The van der Waals surface area contributed by atoms with Crippen LogP contribution in [0.4, 0.5) is 16.5 Å². The van der Waals surface area contributed by atoms with Gasteiger partial charge in [0.2, 0.25) is 0 Å². The molecule has 0 bridgehead atoms. The van der Waals surface area contributed by atoms with E-state index in [-0.39, 0.29) is 5.69 Å². The molecule has 3 rings (SSSR count). The lowest BCUT2D eigenvalue weighted by molar-refractivity contribution is -0.384. The zero-order valence-electron chi connectivity index (χ0n) is 11.8. The Hall–Kier alpha value is -1.86. The molecule has 1 aromatic heterocycles. The van der Waals surface area contributed by atoms with Crippen LogP contribution in [0, 0.1) is 10.1 Å². The predicted octanol–water partition coefficient (Wildman–Crippen LogP) is 3.42. The third-order valence-corrected chi connectivity index (χ3v) is 4.80. The highest BCUT2D eigenvalue weighted by Gasteiger charge is 2.19. The van der Waals surface area contributed by atoms with Gasteiger partial charge in [0.25, 0.3) is 5.69 Å². The number of nitro groups is 1. The number of nitro benzene ring substituents is 1. The summed E-state index contributed by atoms with van der Waals surface area (Å²) in [4.78, 5) is 19.2. The molecule has 0 saturated carbocycles. The molecule has 1 aliphatic rings. The molecular weight excluding hydrogens is 324 g/mol. The monoisotopic (exact) mass is 338 g/mol. The number of non-ortho nitro benzene ring substituents is 1. The van der Waals surface area contributed by atoms with Gasteiger partial charge in [-0.3, -0.25) is 10.1 Å². The lowest BCUT2D eigenvalue weighted by atomic mass is 10.2. The van der Waals surface area contributed by atoms with E-state index in [1.165, 1.54) is 12.1 Å². The van der Waals surface area contributed by atoms with E-state index in [0.29, 0.717) is 5.02 Å². The van der Waals surface area contributed by atoms with E-state index < -0.39 is 4.92 Å². The molecule has 0 amide bonds. The lowest BCUT2D eigenvalue weighted by Gasteiger charge is -2.24. The van der Waals surface area contributed by atoms with Crippen molar-refractivity contribution >= 4 is 39.4 Å². The average molecular weight is 339 g/mol. The topological polar surface area (TPSA) is 62.5 Å². The van der Waals surface area contributed by atoms with Crippen molar-refractivity contribution in [2.45, 2.75) is 6.42 Å². The summed E-state index contributed by atoms with van der Waals surface area (Å²) in [5, 5.41) is 14.2. The van der Waals surface area contributed by atoms with Gasteiger partial charge in [0, 0.05) is 49.9 Å². The van der Waals surface area contributed by atoms with Crippen LogP contribution in [0.25, 0.3) is 0 Å². The molecule has 1 aromatic carbocycles. The number of aromatic nitrogens is 1. The van der Waals surface area contributed by atoms with Crippen molar-refractivity contribution in [3.05, 3.63) is 44.9 Å². The van der Waals surface area contributed by atoms with Crippen LogP contribution in [-0.4, -0.2) is 36.1 Å². The Morgan fingerprint density at radius 3 is 2.68 bits per heavy atom. The van der Waals surface area contributed by atoms with Crippen molar-refractivity contribution in [2.24, 2.45) is 0 Å². The minimum Gasteiger partial charge on any atom is -0.368 e. The molecule has 22 heavy (non-hydrogen) atoms. The first-order chi connectivity index (χ1) is 10.6. The predicted molar refractivity (Wildman–Crippen MR) is 89.3 cm³/mol. The first kappa shape index (κ1) is 15.1. The molecular formula is C14H15ClN4O2S. The smallest absolute Gasteiger partial charge is 0.271 e. The molecule has 6 nitrogen and oxygen atoms in total. The summed E-state index contributed by atoms with van der Waals surface area (Å²) in [6.45, 7) is 3.51. The summed E-state index contributed by atoms with van der Waals surface area (Å²) < 4.78 is 0. The van der Waals surface area contributed by atoms with E-state index in [0.717, 1.165) is 43.4 Å². The van der Waals surface area contributed by atoms with Crippen LogP contribution >= 0.6 is 22.9 Å². The molecule has 0 atom stereocenters. The van der Waals surface area contributed by atoms with Gasteiger partial charge in [0.05, 0.1) is 15.6 Å². The number of halogens is 1. The Balaban J connectivity index is 1.74. The summed E-state index contributed by atoms with van der Waals surface area (Å²) in [7, 11) is 0. The molecule has 0 N–H and O–H groups in total. The average Bonchev–Trinajstić information content (AvgIpc) is 2.92. The fraction of sp³-hybridized carbons (Fsp3) is 0.357. The Morgan fingerprint density at radius 1 is 1.23 bits per heavy atom. The van der Waals surface area contributed by atoms with Gasteiger partial charge in [0.15, 0.2) is 5.13 Å². The molecule has 116 valence electrons. The summed E-state index contributed by atoms with van der Waals surface area (Å²) in [5.74, 6) is 0. The number of nitrogens with zero attached hydrogens (tertiary/aromatic N) is 4. The Morgan fingerprint density at radius 2 is 2.00 bits per heavy atom.